The van der Waals surface area contributed by atoms with Gasteiger partial charge in [0.1, 0.15) is 0 Å². The molecule has 6 heteroatoms. The quantitative estimate of drug-likeness (QED) is 0.648. The van der Waals surface area contributed by atoms with E-state index in [0.29, 0.717) is 17.4 Å². The Balaban J connectivity index is 2.60. The molecule has 0 amide bonds. The van der Waals surface area contributed by atoms with Gasteiger partial charge in [0.15, 0.2) is 0 Å². The summed E-state index contributed by atoms with van der Waals surface area (Å²) in [5, 5.41) is 6.42. The second-order valence-electron chi connectivity index (χ2n) is 4.97. The van der Waals surface area contributed by atoms with Crippen LogP contribution in [0.4, 0.5) is 5.69 Å². The SMILES string of the molecule is CCCNS(=O)(=O)c1ccc(NCC(C)CNC)cc1. The normalized spacial score (nSPS) is 13.2. The predicted molar refractivity (Wildman–Crippen MR) is 83.5 cm³/mol. The molecule has 0 aliphatic carbocycles. The molecule has 1 atom stereocenters. The van der Waals surface area contributed by atoms with Gasteiger partial charge in [-0.15, -0.1) is 0 Å². The van der Waals surface area contributed by atoms with Crippen molar-refractivity contribution in [1.29, 1.82) is 0 Å². The molecule has 0 saturated heterocycles. The minimum absolute atomic E-state index is 0.305. The van der Waals surface area contributed by atoms with E-state index in [0.717, 1.165) is 25.2 Å². The van der Waals surface area contributed by atoms with E-state index in [1.165, 1.54) is 0 Å². The molecule has 1 unspecified atom stereocenters. The molecular weight excluding hydrogens is 274 g/mol. The van der Waals surface area contributed by atoms with Crippen molar-refractivity contribution in [2.24, 2.45) is 5.92 Å². The first-order chi connectivity index (χ1) is 9.49. The average molecular weight is 299 g/mol. The number of hydrogen-bond donors (Lipinski definition) is 3. The van der Waals surface area contributed by atoms with Gasteiger partial charge in [-0.3, -0.25) is 0 Å². The van der Waals surface area contributed by atoms with Crippen LogP contribution in [0.25, 0.3) is 0 Å². The highest BCUT2D eigenvalue weighted by Gasteiger charge is 2.12. The molecule has 5 nitrogen and oxygen atoms in total. The van der Waals surface area contributed by atoms with Crippen molar-refractivity contribution in [2.75, 3.05) is 32.0 Å². The molecule has 0 aliphatic rings. The van der Waals surface area contributed by atoms with Gasteiger partial charge in [-0.05, 0) is 50.2 Å². The molecule has 114 valence electrons. The zero-order valence-corrected chi connectivity index (χ0v) is 13.3. The molecule has 1 aromatic rings. The molecule has 0 saturated carbocycles. The van der Waals surface area contributed by atoms with Gasteiger partial charge in [0.25, 0.3) is 0 Å². The van der Waals surface area contributed by atoms with Gasteiger partial charge in [0.05, 0.1) is 4.90 Å². The number of benzene rings is 1. The summed E-state index contributed by atoms with van der Waals surface area (Å²) in [6, 6.07) is 6.85. The van der Waals surface area contributed by atoms with E-state index in [2.05, 4.69) is 22.3 Å². The Kier molecular flexibility index (Phi) is 6.98. The number of nitrogens with one attached hydrogen (secondary N) is 3. The van der Waals surface area contributed by atoms with Crippen LogP contribution >= 0.6 is 0 Å². The van der Waals surface area contributed by atoms with Gasteiger partial charge in [0.2, 0.25) is 10.0 Å². The fourth-order valence-corrected chi connectivity index (χ4v) is 2.92. The molecule has 0 fully saturated rings. The Hall–Kier alpha value is -1.11. The van der Waals surface area contributed by atoms with Crippen molar-refractivity contribution in [3.63, 3.8) is 0 Å². The molecule has 20 heavy (non-hydrogen) atoms. The van der Waals surface area contributed by atoms with E-state index in [1.54, 1.807) is 24.3 Å². The predicted octanol–water partition coefficient (Wildman–Crippen LogP) is 1.64. The second kappa shape index (κ2) is 8.24. The Bertz CT molecular complexity index is 486. The molecule has 0 spiro atoms. The van der Waals surface area contributed by atoms with Crippen LogP contribution in [0.3, 0.4) is 0 Å². The van der Waals surface area contributed by atoms with Crippen LogP contribution in [0.1, 0.15) is 20.3 Å². The third kappa shape index (κ3) is 5.48. The summed E-state index contributed by atoms with van der Waals surface area (Å²) >= 11 is 0. The lowest BCUT2D eigenvalue weighted by molar-refractivity contribution is 0.569. The molecule has 0 radical (unpaired) electrons. The molecule has 0 aliphatic heterocycles. The van der Waals surface area contributed by atoms with Gasteiger partial charge >= 0.3 is 0 Å². The van der Waals surface area contributed by atoms with Gasteiger partial charge < -0.3 is 10.6 Å². The minimum Gasteiger partial charge on any atom is -0.385 e. The lowest BCUT2D eigenvalue weighted by Crippen LogP contribution is -2.24. The molecule has 1 aromatic carbocycles. The van der Waals surface area contributed by atoms with Gasteiger partial charge in [-0.2, -0.15) is 0 Å². The first-order valence-corrected chi connectivity index (χ1v) is 8.46. The Morgan fingerprint density at radius 3 is 2.35 bits per heavy atom. The van der Waals surface area contributed by atoms with Crippen molar-refractivity contribution in [3.05, 3.63) is 24.3 Å². The standard InChI is InChI=1S/C14H25N3O2S/c1-4-9-17-20(18,19)14-7-5-13(6-8-14)16-11-12(2)10-15-3/h5-8,12,15-17H,4,9-11H2,1-3H3. The van der Waals surface area contributed by atoms with Crippen LogP contribution < -0.4 is 15.4 Å². The van der Waals surface area contributed by atoms with Gasteiger partial charge in [-0.25, -0.2) is 13.1 Å². The summed E-state index contributed by atoms with van der Waals surface area (Å²) in [5.41, 5.74) is 0.933. The van der Waals surface area contributed by atoms with Crippen LogP contribution in [0.2, 0.25) is 0 Å². The summed E-state index contributed by atoms with van der Waals surface area (Å²) in [6.07, 6.45) is 0.780. The highest BCUT2D eigenvalue weighted by molar-refractivity contribution is 7.89. The zero-order valence-electron chi connectivity index (χ0n) is 12.4. The Morgan fingerprint density at radius 1 is 1.15 bits per heavy atom. The largest absolute Gasteiger partial charge is 0.385 e. The second-order valence-corrected chi connectivity index (χ2v) is 6.73. The molecule has 0 heterocycles. The molecule has 0 bridgehead atoms. The number of rotatable bonds is 9. The van der Waals surface area contributed by atoms with Crippen LogP contribution in [0.5, 0.6) is 0 Å². The third-order valence-corrected chi connectivity index (χ3v) is 4.39. The van der Waals surface area contributed by atoms with Crippen molar-refractivity contribution in [3.8, 4) is 0 Å². The zero-order chi connectivity index (χ0) is 15.0. The maximum Gasteiger partial charge on any atom is 0.240 e. The van der Waals surface area contributed by atoms with Crippen molar-refractivity contribution >= 4 is 15.7 Å². The van der Waals surface area contributed by atoms with Crippen LogP contribution in [-0.2, 0) is 10.0 Å². The van der Waals surface area contributed by atoms with Gasteiger partial charge in [0, 0.05) is 18.8 Å². The molecule has 1 rings (SSSR count). The summed E-state index contributed by atoms with van der Waals surface area (Å²) in [5.74, 6) is 0.509. The number of hydrogen-bond acceptors (Lipinski definition) is 4. The fraction of sp³-hybridized carbons (Fsp3) is 0.571. The van der Waals surface area contributed by atoms with Crippen molar-refractivity contribution in [2.45, 2.75) is 25.2 Å². The number of anilines is 1. The maximum atomic E-state index is 11.9. The van der Waals surface area contributed by atoms with Crippen molar-refractivity contribution in [1.82, 2.24) is 10.0 Å². The topological polar surface area (TPSA) is 70.2 Å². The average Bonchev–Trinajstić information content (AvgIpc) is 2.44. The third-order valence-electron chi connectivity index (χ3n) is 2.91. The first-order valence-electron chi connectivity index (χ1n) is 6.97. The first kappa shape index (κ1) is 16.9. The minimum atomic E-state index is -3.37. The van der Waals surface area contributed by atoms with E-state index < -0.39 is 10.0 Å². The van der Waals surface area contributed by atoms with E-state index in [9.17, 15) is 8.42 Å². The van der Waals surface area contributed by atoms with Crippen molar-refractivity contribution < 1.29 is 8.42 Å². The summed E-state index contributed by atoms with van der Waals surface area (Å²) in [6.45, 7) is 6.34. The molecule has 3 N–H and O–H groups in total. The Labute approximate surface area is 122 Å². The summed E-state index contributed by atoms with van der Waals surface area (Å²) in [4.78, 5) is 0.305. The highest BCUT2D eigenvalue weighted by atomic mass is 32.2. The van der Waals surface area contributed by atoms with E-state index >= 15 is 0 Å². The highest BCUT2D eigenvalue weighted by Crippen LogP contribution is 2.14. The molecule has 0 aromatic heterocycles. The Morgan fingerprint density at radius 2 is 1.80 bits per heavy atom. The van der Waals surface area contributed by atoms with Crippen LogP contribution in [0, 0.1) is 5.92 Å². The van der Waals surface area contributed by atoms with Crippen LogP contribution in [-0.4, -0.2) is 35.1 Å². The lowest BCUT2D eigenvalue weighted by atomic mass is 10.2. The smallest absolute Gasteiger partial charge is 0.240 e. The maximum absolute atomic E-state index is 11.9. The van der Waals surface area contributed by atoms with Gasteiger partial charge in [-0.1, -0.05) is 13.8 Å². The van der Waals surface area contributed by atoms with E-state index in [-0.39, 0.29) is 0 Å². The van der Waals surface area contributed by atoms with E-state index in [1.807, 2.05) is 14.0 Å². The summed E-state index contributed by atoms with van der Waals surface area (Å²) < 4.78 is 26.4. The lowest BCUT2D eigenvalue weighted by Gasteiger charge is -2.13. The molecular formula is C14H25N3O2S. The fourth-order valence-electron chi connectivity index (χ4n) is 1.78. The monoisotopic (exact) mass is 299 g/mol. The van der Waals surface area contributed by atoms with Crippen LogP contribution in [0.15, 0.2) is 29.2 Å². The number of sulfonamides is 1. The van der Waals surface area contributed by atoms with E-state index in [4.69, 9.17) is 0 Å². The summed E-state index contributed by atoms with van der Waals surface area (Å²) in [7, 11) is -1.44.